The molecule has 1 heterocycles. The van der Waals surface area contributed by atoms with Crippen molar-refractivity contribution in [3.63, 3.8) is 0 Å². The number of nitrogens with two attached hydrogens (primary N) is 1. The zero-order valence-corrected chi connectivity index (χ0v) is 16.8. The van der Waals surface area contributed by atoms with E-state index in [1.54, 1.807) is 6.07 Å². The van der Waals surface area contributed by atoms with Crippen molar-refractivity contribution >= 4 is 17.7 Å². The van der Waals surface area contributed by atoms with Crippen LogP contribution in [0.15, 0.2) is 54.6 Å². The third-order valence-corrected chi connectivity index (χ3v) is 4.51. The highest BCUT2D eigenvalue weighted by Gasteiger charge is 2.33. The van der Waals surface area contributed by atoms with Crippen molar-refractivity contribution in [1.82, 2.24) is 10.3 Å². The maximum absolute atomic E-state index is 13.8. The molecule has 5 nitrogen and oxygen atoms in total. The molecule has 0 unspecified atom stereocenters. The molecule has 0 aliphatic heterocycles. The van der Waals surface area contributed by atoms with E-state index < -0.39 is 29.4 Å². The number of hydrogen-bond donors (Lipinski definition) is 2. The number of nitriles is 1. The molecule has 0 fully saturated rings. The molecule has 0 aliphatic rings. The van der Waals surface area contributed by atoms with Crippen LogP contribution in [0.25, 0.3) is 17.3 Å². The van der Waals surface area contributed by atoms with Gasteiger partial charge in [-0.3, -0.25) is 4.79 Å². The number of anilines is 1. The number of pyridine rings is 1. The Kier molecular flexibility index (Phi) is 6.72. The van der Waals surface area contributed by atoms with Crippen LogP contribution in [0.1, 0.15) is 22.4 Å². The molecule has 3 aromatic rings. The molecular weight excluding hydrogens is 443 g/mol. The average molecular weight is 458 g/mol. The lowest BCUT2D eigenvalue weighted by molar-refractivity contribution is -0.141. The number of nitrogens with one attached hydrogen (secondary N) is 1. The fourth-order valence-electron chi connectivity index (χ4n) is 2.91. The average Bonchev–Trinajstić information content (AvgIpc) is 2.77. The van der Waals surface area contributed by atoms with E-state index in [-0.39, 0.29) is 40.2 Å². The van der Waals surface area contributed by atoms with Gasteiger partial charge >= 0.3 is 6.18 Å². The number of carbonyl (C=O) groups excluding carboxylic acids is 1. The van der Waals surface area contributed by atoms with E-state index in [4.69, 9.17) is 11.0 Å². The Bertz CT molecular complexity index is 1280. The Morgan fingerprint density at radius 2 is 1.91 bits per heavy atom. The zero-order chi connectivity index (χ0) is 24.2. The van der Waals surface area contributed by atoms with Gasteiger partial charge in [0.05, 0.1) is 16.9 Å². The molecule has 1 aromatic heterocycles. The highest BCUT2D eigenvalue weighted by molar-refractivity contribution is 5.92. The van der Waals surface area contributed by atoms with Gasteiger partial charge in [-0.05, 0) is 42.0 Å². The number of nitrogens with zero attached hydrogens (tertiary/aromatic N) is 2. The Morgan fingerprint density at radius 1 is 1.15 bits per heavy atom. The molecule has 0 saturated carbocycles. The smallest absolute Gasteiger partial charge is 0.395 e. The standard InChI is InChI=1S/C23H15F5N4O/c24-17-3-1-2-15(10-17)22-14(4-6-19(32-22)23(26,27)28)5-7-20(33)31-12-13-8-16(11-29)21(30)18(25)9-13/h1-10H,12,30H2,(H,31,33)/b7-5+. The Labute approximate surface area is 185 Å². The van der Waals surface area contributed by atoms with Crippen molar-refractivity contribution in [2.24, 2.45) is 0 Å². The first kappa shape index (κ1) is 23.4. The van der Waals surface area contributed by atoms with Gasteiger partial charge in [0.2, 0.25) is 5.91 Å². The van der Waals surface area contributed by atoms with Gasteiger partial charge in [-0.25, -0.2) is 13.8 Å². The molecule has 0 aliphatic carbocycles. The fraction of sp³-hybridized carbons (Fsp3) is 0.0870. The summed E-state index contributed by atoms with van der Waals surface area (Å²) in [5.41, 5.74) is 4.28. The van der Waals surface area contributed by atoms with E-state index in [0.29, 0.717) is 0 Å². The molecule has 10 heteroatoms. The van der Waals surface area contributed by atoms with Crippen LogP contribution in [0.3, 0.4) is 0 Å². The van der Waals surface area contributed by atoms with E-state index in [1.165, 1.54) is 24.3 Å². The predicted molar refractivity (Wildman–Crippen MR) is 111 cm³/mol. The van der Waals surface area contributed by atoms with Crippen LogP contribution >= 0.6 is 0 Å². The predicted octanol–water partition coefficient (Wildman–Crippen LogP) is 4.83. The Morgan fingerprint density at radius 3 is 2.58 bits per heavy atom. The van der Waals surface area contributed by atoms with Gasteiger partial charge in [-0.15, -0.1) is 0 Å². The summed E-state index contributed by atoms with van der Waals surface area (Å²) in [7, 11) is 0. The molecule has 3 rings (SSSR count). The quantitative estimate of drug-likeness (QED) is 0.326. The zero-order valence-electron chi connectivity index (χ0n) is 16.8. The monoisotopic (exact) mass is 458 g/mol. The Balaban J connectivity index is 1.83. The van der Waals surface area contributed by atoms with Crippen molar-refractivity contribution in [2.75, 3.05) is 5.73 Å². The first-order valence-corrected chi connectivity index (χ1v) is 9.36. The second kappa shape index (κ2) is 9.48. The van der Waals surface area contributed by atoms with E-state index >= 15 is 0 Å². The third kappa shape index (κ3) is 5.71. The third-order valence-electron chi connectivity index (χ3n) is 4.51. The molecule has 3 N–H and O–H groups in total. The molecule has 0 bridgehead atoms. The molecule has 0 radical (unpaired) electrons. The van der Waals surface area contributed by atoms with Crippen LogP contribution in [-0.4, -0.2) is 10.9 Å². The van der Waals surface area contributed by atoms with Gasteiger partial charge in [-0.2, -0.15) is 18.4 Å². The minimum Gasteiger partial charge on any atom is -0.395 e. The molecule has 0 saturated heterocycles. The molecule has 1 amide bonds. The van der Waals surface area contributed by atoms with Gasteiger partial charge < -0.3 is 11.1 Å². The second-order valence-corrected chi connectivity index (χ2v) is 6.84. The van der Waals surface area contributed by atoms with Gasteiger partial charge in [0.1, 0.15) is 23.4 Å². The molecular formula is C23H15F5N4O. The first-order chi connectivity index (χ1) is 15.6. The van der Waals surface area contributed by atoms with Crippen LogP contribution in [0.4, 0.5) is 27.6 Å². The molecule has 2 aromatic carbocycles. The topological polar surface area (TPSA) is 91.8 Å². The normalized spacial score (nSPS) is 11.4. The number of benzene rings is 2. The van der Waals surface area contributed by atoms with Crippen molar-refractivity contribution < 1.29 is 26.7 Å². The number of nitrogen functional groups attached to an aromatic ring is 1. The van der Waals surface area contributed by atoms with Crippen LogP contribution < -0.4 is 11.1 Å². The number of aromatic nitrogens is 1. The van der Waals surface area contributed by atoms with E-state index in [0.717, 1.165) is 36.4 Å². The number of amides is 1. The maximum Gasteiger partial charge on any atom is 0.433 e. The summed E-state index contributed by atoms with van der Waals surface area (Å²) in [4.78, 5) is 15.8. The number of carbonyl (C=O) groups is 1. The lowest BCUT2D eigenvalue weighted by Gasteiger charge is -2.11. The Hall–Kier alpha value is -4.26. The van der Waals surface area contributed by atoms with Crippen LogP contribution in [-0.2, 0) is 17.5 Å². The lowest BCUT2D eigenvalue weighted by atomic mass is 10.0. The summed E-state index contributed by atoms with van der Waals surface area (Å²) in [6, 6.07) is 10.9. The molecule has 0 atom stereocenters. The van der Waals surface area contributed by atoms with Gasteiger partial charge in [0.15, 0.2) is 0 Å². The summed E-state index contributed by atoms with van der Waals surface area (Å²) >= 11 is 0. The fourth-order valence-corrected chi connectivity index (χ4v) is 2.91. The summed E-state index contributed by atoms with van der Waals surface area (Å²) in [6.07, 6.45) is -2.43. The summed E-state index contributed by atoms with van der Waals surface area (Å²) < 4.78 is 66.7. The second-order valence-electron chi connectivity index (χ2n) is 6.84. The molecule has 33 heavy (non-hydrogen) atoms. The summed E-state index contributed by atoms with van der Waals surface area (Å²) in [5.74, 6) is -2.10. The SMILES string of the molecule is N#Cc1cc(CNC(=O)/C=C/c2ccc(C(F)(F)F)nc2-c2cccc(F)c2)cc(F)c1N. The maximum atomic E-state index is 13.8. The van der Waals surface area contributed by atoms with Crippen molar-refractivity contribution in [1.29, 1.82) is 5.26 Å². The lowest BCUT2D eigenvalue weighted by Crippen LogP contribution is -2.20. The molecule has 0 spiro atoms. The minimum atomic E-state index is -4.71. The largest absolute Gasteiger partial charge is 0.433 e. The number of hydrogen-bond acceptors (Lipinski definition) is 4. The van der Waals surface area contributed by atoms with Gasteiger partial charge in [0, 0.05) is 23.7 Å². The van der Waals surface area contributed by atoms with E-state index in [9.17, 15) is 26.7 Å². The van der Waals surface area contributed by atoms with Crippen molar-refractivity contribution in [3.8, 4) is 17.3 Å². The van der Waals surface area contributed by atoms with Gasteiger partial charge in [-0.1, -0.05) is 18.2 Å². The van der Waals surface area contributed by atoms with Crippen LogP contribution in [0.5, 0.6) is 0 Å². The van der Waals surface area contributed by atoms with E-state index in [2.05, 4.69) is 10.3 Å². The number of alkyl halides is 3. The highest BCUT2D eigenvalue weighted by Crippen LogP contribution is 2.32. The molecule has 168 valence electrons. The van der Waals surface area contributed by atoms with E-state index in [1.807, 2.05) is 0 Å². The first-order valence-electron chi connectivity index (χ1n) is 9.36. The number of halogens is 5. The van der Waals surface area contributed by atoms with Crippen LogP contribution in [0.2, 0.25) is 0 Å². The summed E-state index contributed by atoms with van der Waals surface area (Å²) in [5, 5.41) is 11.4. The van der Waals surface area contributed by atoms with Crippen molar-refractivity contribution in [2.45, 2.75) is 12.7 Å². The summed E-state index contributed by atoms with van der Waals surface area (Å²) in [6.45, 7) is -0.128. The van der Waals surface area contributed by atoms with Crippen LogP contribution in [0, 0.1) is 23.0 Å². The minimum absolute atomic E-state index is 0.0784. The highest BCUT2D eigenvalue weighted by atomic mass is 19.4. The van der Waals surface area contributed by atoms with Crippen molar-refractivity contribution in [3.05, 3.63) is 88.6 Å². The van der Waals surface area contributed by atoms with Gasteiger partial charge in [0.25, 0.3) is 0 Å². The number of rotatable bonds is 5.